The average Bonchev–Trinajstić information content (AvgIpc) is 3.82. The summed E-state index contributed by atoms with van der Waals surface area (Å²) < 4.78 is 5.30. The molecule has 3 heterocycles. The Hall–Kier alpha value is -6.58. The van der Waals surface area contributed by atoms with Crippen molar-refractivity contribution in [2.45, 2.75) is 19.3 Å². The topological polar surface area (TPSA) is 9.86 Å². The van der Waals surface area contributed by atoms with Crippen molar-refractivity contribution < 1.29 is 0 Å². The summed E-state index contributed by atoms with van der Waals surface area (Å²) >= 11 is 0. The van der Waals surface area contributed by atoms with Crippen LogP contribution in [0.15, 0.2) is 176 Å². The van der Waals surface area contributed by atoms with E-state index >= 15 is 0 Å². The molecule has 2 aromatic heterocycles. The van der Waals surface area contributed by atoms with Crippen LogP contribution in [-0.4, -0.2) is 15.9 Å². The average molecular weight is 687 g/mol. The van der Waals surface area contributed by atoms with Crippen LogP contribution in [0.2, 0.25) is 0 Å². The number of benzene rings is 8. The minimum Gasteiger partial charge on any atom is -0.376 e. The Kier molecular flexibility index (Phi) is 5.96. The summed E-state index contributed by atoms with van der Waals surface area (Å²) in [6.07, 6.45) is 0. The van der Waals surface area contributed by atoms with Gasteiger partial charge in [0.1, 0.15) is 0 Å². The van der Waals surface area contributed by atoms with Gasteiger partial charge in [-0.15, -0.1) is 0 Å². The predicted molar refractivity (Wildman–Crippen MR) is 229 cm³/mol. The standard InChI is InChI=1S/C51H35BN2/c1-51(2)42-21-11-9-19-36(42)39-28-30-40-37-20-10-13-23-44(37)54(49(40)47(39)51)52-43-22-12-14-24-45(43)53-46-31-34(32-15-5-3-6-16-32)25-26-38(46)41-29-27-35(48(52)50(41)53)33-17-7-4-8-18-33/h3-31H,1-2H3. The Labute approximate surface area is 314 Å². The molecule has 0 N–H and O–H groups in total. The Morgan fingerprint density at radius 1 is 0.444 bits per heavy atom. The monoisotopic (exact) mass is 686 g/mol. The number of hydrogen-bond donors (Lipinski definition) is 0. The first kappa shape index (κ1) is 29.9. The molecular weight excluding hydrogens is 651 g/mol. The van der Waals surface area contributed by atoms with Crippen molar-refractivity contribution >= 4 is 61.4 Å². The summed E-state index contributed by atoms with van der Waals surface area (Å²) in [5.74, 6) is 0. The molecule has 3 heteroatoms. The maximum Gasteiger partial charge on any atom is 0.333 e. The van der Waals surface area contributed by atoms with E-state index < -0.39 is 0 Å². The van der Waals surface area contributed by atoms with Gasteiger partial charge in [-0.3, -0.25) is 0 Å². The molecule has 0 bridgehead atoms. The van der Waals surface area contributed by atoms with Crippen molar-refractivity contribution in [3.8, 4) is 39.1 Å². The molecule has 0 fully saturated rings. The van der Waals surface area contributed by atoms with Gasteiger partial charge in [0.25, 0.3) is 0 Å². The SMILES string of the molecule is CC1(C)c2ccccc2-c2ccc3c4ccccc4n(B4c5ccccc5-n5c6cc(-c7ccccc7)ccc6c6ccc(-c7ccccc7)c4c65)c3c21. The third-order valence-corrected chi connectivity index (χ3v) is 12.6. The fraction of sp³-hybridized carbons (Fsp3) is 0.0588. The number of nitrogens with zero attached hydrogens (tertiary/aromatic N) is 2. The van der Waals surface area contributed by atoms with Crippen molar-refractivity contribution in [1.29, 1.82) is 0 Å². The smallest absolute Gasteiger partial charge is 0.333 e. The fourth-order valence-corrected chi connectivity index (χ4v) is 10.3. The third-order valence-electron chi connectivity index (χ3n) is 12.6. The van der Waals surface area contributed by atoms with Crippen LogP contribution >= 0.6 is 0 Å². The van der Waals surface area contributed by atoms with Gasteiger partial charge in [-0.2, -0.15) is 0 Å². The van der Waals surface area contributed by atoms with Gasteiger partial charge >= 0.3 is 6.85 Å². The van der Waals surface area contributed by atoms with Crippen LogP contribution in [0.5, 0.6) is 0 Å². The highest BCUT2D eigenvalue weighted by Crippen LogP contribution is 2.53. The molecule has 0 saturated heterocycles. The third kappa shape index (κ3) is 3.81. The molecule has 0 amide bonds. The van der Waals surface area contributed by atoms with Gasteiger partial charge < -0.3 is 9.05 Å². The van der Waals surface area contributed by atoms with Crippen molar-refractivity contribution in [2.75, 3.05) is 0 Å². The Bertz CT molecular complexity index is 3180. The van der Waals surface area contributed by atoms with Crippen LogP contribution in [0.25, 0.3) is 82.7 Å². The van der Waals surface area contributed by atoms with E-state index in [1.807, 2.05) is 0 Å². The molecular formula is C51H35BN2. The molecule has 2 nitrogen and oxygen atoms in total. The maximum absolute atomic E-state index is 2.73. The number of para-hydroxylation sites is 2. The largest absolute Gasteiger partial charge is 0.376 e. The lowest BCUT2D eigenvalue weighted by atomic mass is 9.46. The van der Waals surface area contributed by atoms with Crippen LogP contribution in [0.4, 0.5) is 0 Å². The molecule has 12 rings (SSSR count). The van der Waals surface area contributed by atoms with Crippen molar-refractivity contribution in [1.82, 2.24) is 9.05 Å². The Morgan fingerprint density at radius 2 is 1.07 bits per heavy atom. The zero-order valence-electron chi connectivity index (χ0n) is 30.2. The number of rotatable bonds is 3. The zero-order valence-corrected chi connectivity index (χ0v) is 30.2. The summed E-state index contributed by atoms with van der Waals surface area (Å²) in [5, 5.41) is 5.18. The van der Waals surface area contributed by atoms with Gasteiger partial charge in [0.05, 0.1) is 11.0 Å². The van der Waals surface area contributed by atoms with Gasteiger partial charge in [0.2, 0.25) is 0 Å². The Morgan fingerprint density at radius 3 is 1.91 bits per heavy atom. The van der Waals surface area contributed by atoms with E-state index in [9.17, 15) is 0 Å². The minimum atomic E-state index is -0.178. The lowest BCUT2D eigenvalue weighted by Crippen LogP contribution is -2.54. The summed E-state index contributed by atoms with van der Waals surface area (Å²) in [7, 11) is 0. The lowest BCUT2D eigenvalue weighted by molar-refractivity contribution is 0.664. The lowest BCUT2D eigenvalue weighted by Gasteiger charge is -2.31. The van der Waals surface area contributed by atoms with Gasteiger partial charge in [-0.05, 0) is 73.6 Å². The summed E-state index contributed by atoms with van der Waals surface area (Å²) in [6, 6.07) is 65.7. The van der Waals surface area contributed by atoms with E-state index in [0.29, 0.717) is 0 Å². The van der Waals surface area contributed by atoms with Crippen LogP contribution in [0, 0.1) is 0 Å². The van der Waals surface area contributed by atoms with E-state index in [2.05, 4.69) is 199 Å². The molecule has 54 heavy (non-hydrogen) atoms. The van der Waals surface area contributed by atoms with E-state index in [4.69, 9.17) is 0 Å². The normalized spacial score (nSPS) is 13.9. The molecule has 10 aromatic rings. The van der Waals surface area contributed by atoms with Crippen molar-refractivity contribution in [3.63, 3.8) is 0 Å². The van der Waals surface area contributed by atoms with E-state index in [0.717, 1.165) is 0 Å². The molecule has 252 valence electrons. The summed E-state index contributed by atoms with van der Waals surface area (Å²) in [4.78, 5) is 0. The summed E-state index contributed by atoms with van der Waals surface area (Å²) in [5.41, 5.74) is 19.3. The second-order valence-electron chi connectivity index (χ2n) is 15.6. The Balaban J connectivity index is 1.28. The van der Waals surface area contributed by atoms with Gasteiger partial charge in [-0.25, -0.2) is 0 Å². The predicted octanol–water partition coefficient (Wildman–Crippen LogP) is 11.5. The van der Waals surface area contributed by atoms with Crippen LogP contribution < -0.4 is 10.9 Å². The second kappa shape index (κ2) is 10.7. The first-order chi connectivity index (χ1) is 26.6. The fourth-order valence-electron chi connectivity index (χ4n) is 10.3. The highest BCUT2D eigenvalue weighted by Gasteiger charge is 2.42. The molecule has 0 spiro atoms. The minimum absolute atomic E-state index is 0.0843. The molecule has 1 aliphatic carbocycles. The quantitative estimate of drug-likeness (QED) is 0.164. The first-order valence-electron chi connectivity index (χ1n) is 19.1. The molecule has 1 aliphatic heterocycles. The van der Waals surface area contributed by atoms with Crippen LogP contribution in [0.3, 0.4) is 0 Å². The molecule has 0 radical (unpaired) electrons. The van der Waals surface area contributed by atoms with Gasteiger partial charge in [0, 0.05) is 43.7 Å². The molecule has 2 aliphatic rings. The van der Waals surface area contributed by atoms with Crippen LogP contribution in [-0.2, 0) is 5.41 Å². The molecule has 0 unspecified atom stereocenters. The van der Waals surface area contributed by atoms with E-state index in [1.54, 1.807) is 0 Å². The second-order valence-corrected chi connectivity index (χ2v) is 15.6. The van der Waals surface area contributed by atoms with Gasteiger partial charge in [0.15, 0.2) is 0 Å². The van der Waals surface area contributed by atoms with E-state index in [-0.39, 0.29) is 12.3 Å². The first-order valence-corrected chi connectivity index (χ1v) is 19.1. The maximum atomic E-state index is 2.73. The summed E-state index contributed by atoms with van der Waals surface area (Å²) in [6.45, 7) is 4.76. The molecule has 0 saturated carbocycles. The van der Waals surface area contributed by atoms with Crippen molar-refractivity contribution in [3.05, 3.63) is 187 Å². The van der Waals surface area contributed by atoms with Crippen molar-refractivity contribution in [2.24, 2.45) is 0 Å². The van der Waals surface area contributed by atoms with Crippen LogP contribution in [0.1, 0.15) is 25.0 Å². The highest BCUT2D eigenvalue weighted by molar-refractivity contribution is 6.89. The van der Waals surface area contributed by atoms with E-state index in [1.165, 1.54) is 105 Å². The molecule has 0 atom stereocenters. The molecule has 8 aromatic carbocycles. The zero-order chi connectivity index (χ0) is 35.7. The number of hydrogen-bond acceptors (Lipinski definition) is 0. The van der Waals surface area contributed by atoms with Gasteiger partial charge in [-0.1, -0.05) is 172 Å². The number of aromatic nitrogens is 2. The number of fused-ring (bicyclic) bond motifs is 12. The highest BCUT2D eigenvalue weighted by atomic mass is 15.0.